The first kappa shape index (κ1) is 11.6. The number of aryl methyl sites for hydroxylation is 1. The molecule has 0 saturated heterocycles. The first-order valence-electron chi connectivity index (χ1n) is 5.15. The molecule has 0 fully saturated rings. The quantitative estimate of drug-likeness (QED) is 0.700. The molecule has 14 heavy (non-hydrogen) atoms. The Morgan fingerprint density at radius 2 is 2.07 bits per heavy atom. The largest absolute Gasteiger partial charge is 0.264 e. The molecule has 0 aliphatic heterocycles. The van der Waals surface area contributed by atoms with Crippen LogP contribution in [0.4, 0.5) is 0 Å². The molecule has 0 unspecified atom stereocenters. The van der Waals surface area contributed by atoms with Gasteiger partial charge >= 0.3 is 0 Å². The van der Waals surface area contributed by atoms with E-state index in [0.29, 0.717) is 0 Å². The third-order valence-electron chi connectivity index (χ3n) is 1.81. The number of hydrogen-bond donors (Lipinski definition) is 0. The lowest BCUT2D eigenvalue weighted by Gasteiger charge is -2.19. The Bertz CT molecular complexity index is 289. The van der Waals surface area contributed by atoms with Crippen molar-refractivity contribution < 1.29 is 0 Å². The highest BCUT2D eigenvalue weighted by Crippen LogP contribution is 2.33. The molecule has 78 valence electrons. The molecule has 1 rings (SSSR count). The van der Waals surface area contributed by atoms with Crippen molar-refractivity contribution in [2.24, 2.45) is 0 Å². The van der Waals surface area contributed by atoms with Gasteiger partial charge in [0, 0.05) is 22.0 Å². The van der Waals surface area contributed by atoms with E-state index in [2.05, 4.69) is 38.7 Å². The molecule has 0 bridgehead atoms. The molecule has 1 heterocycles. The van der Waals surface area contributed by atoms with Gasteiger partial charge in [0.25, 0.3) is 0 Å². The Hall–Kier alpha value is -0.500. The third kappa shape index (κ3) is 3.70. The second-order valence-corrected chi connectivity index (χ2v) is 6.32. The fourth-order valence-corrected chi connectivity index (χ4v) is 2.38. The second kappa shape index (κ2) is 4.83. The lowest BCUT2D eigenvalue weighted by Crippen LogP contribution is -2.07. The summed E-state index contributed by atoms with van der Waals surface area (Å²) in [5.74, 6) is 0. The maximum absolute atomic E-state index is 4.19. The van der Waals surface area contributed by atoms with E-state index in [1.807, 2.05) is 24.2 Å². The van der Waals surface area contributed by atoms with Gasteiger partial charge in [0.2, 0.25) is 0 Å². The van der Waals surface area contributed by atoms with E-state index in [1.165, 1.54) is 16.9 Å². The number of thioether (sulfide) groups is 1. The smallest absolute Gasteiger partial charge is 0.0406 e. The predicted molar refractivity (Wildman–Crippen MR) is 63.8 cm³/mol. The zero-order valence-electron chi connectivity index (χ0n) is 9.50. The average molecular weight is 209 g/mol. The van der Waals surface area contributed by atoms with Crippen LogP contribution in [0.15, 0.2) is 23.4 Å². The van der Waals surface area contributed by atoms with E-state index in [4.69, 9.17) is 0 Å². The summed E-state index contributed by atoms with van der Waals surface area (Å²) in [5, 5.41) is 0. The molecule has 1 aromatic rings. The van der Waals surface area contributed by atoms with Crippen LogP contribution in [0.5, 0.6) is 0 Å². The molecule has 0 aromatic carbocycles. The minimum Gasteiger partial charge on any atom is -0.264 e. The van der Waals surface area contributed by atoms with Gasteiger partial charge in [-0.15, -0.1) is 11.8 Å². The van der Waals surface area contributed by atoms with Gasteiger partial charge < -0.3 is 0 Å². The number of pyridine rings is 1. The van der Waals surface area contributed by atoms with Gasteiger partial charge in [-0.2, -0.15) is 0 Å². The fourth-order valence-electron chi connectivity index (χ4n) is 1.31. The summed E-state index contributed by atoms with van der Waals surface area (Å²) in [6, 6.07) is 2.14. The van der Waals surface area contributed by atoms with Crippen LogP contribution >= 0.6 is 11.8 Å². The van der Waals surface area contributed by atoms with Gasteiger partial charge in [0.05, 0.1) is 0 Å². The molecule has 1 nitrogen and oxygen atoms in total. The van der Waals surface area contributed by atoms with Gasteiger partial charge in [-0.1, -0.05) is 34.1 Å². The van der Waals surface area contributed by atoms with Crippen molar-refractivity contribution in [2.75, 3.05) is 0 Å². The molecule has 2 heteroatoms. The summed E-state index contributed by atoms with van der Waals surface area (Å²) in [7, 11) is 0. The van der Waals surface area contributed by atoms with Crippen LogP contribution in [-0.4, -0.2) is 9.73 Å². The van der Waals surface area contributed by atoms with Gasteiger partial charge in [-0.05, 0) is 18.1 Å². The van der Waals surface area contributed by atoms with E-state index in [-0.39, 0.29) is 4.75 Å². The summed E-state index contributed by atoms with van der Waals surface area (Å²) in [5.41, 5.74) is 1.43. The minimum absolute atomic E-state index is 0.269. The number of nitrogens with zero attached hydrogens (tertiary/aromatic N) is 1. The van der Waals surface area contributed by atoms with Crippen LogP contribution in [0.25, 0.3) is 0 Å². The maximum Gasteiger partial charge on any atom is 0.0406 e. The Balaban J connectivity index is 2.84. The van der Waals surface area contributed by atoms with Crippen molar-refractivity contribution >= 4 is 11.8 Å². The maximum atomic E-state index is 4.19. The number of hydrogen-bond acceptors (Lipinski definition) is 2. The fraction of sp³-hybridized carbons (Fsp3) is 0.583. The summed E-state index contributed by atoms with van der Waals surface area (Å²) < 4.78 is 0.269. The Morgan fingerprint density at radius 3 is 2.64 bits per heavy atom. The number of aromatic nitrogens is 1. The van der Waals surface area contributed by atoms with Crippen LogP contribution in [0.2, 0.25) is 0 Å². The van der Waals surface area contributed by atoms with E-state index in [0.717, 1.165) is 6.42 Å². The zero-order valence-corrected chi connectivity index (χ0v) is 10.3. The van der Waals surface area contributed by atoms with Crippen molar-refractivity contribution in [2.45, 2.75) is 50.2 Å². The molecule has 0 N–H and O–H groups in total. The van der Waals surface area contributed by atoms with Crippen LogP contribution in [0.3, 0.4) is 0 Å². The first-order chi connectivity index (χ1) is 6.53. The standard InChI is InChI=1S/C12H19NS/c1-5-6-10-7-8-13-9-11(10)14-12(2,3)4/h7-9H,5-6H2,1-4H3. The molecule has 0 aliphatic rings. The molecule has 1 aromatic heterocycles. The second-order valence-electron chi connectivity index (χ2n) is 4.45. The zero-order chi connectivity index (χ0) is 10.6. The van der Waals surface area contributed by atoms with Gasteiger partial charge in [0.15, 0.2) is 0 Å². The van der Waals surface area contributed by atoms with Crippen molar-refractivity contribution in [3.63, 3.8) is 0 Å². The summed E-state index contributed by atoms with van der Waals surface area (Å²) in [6.45, 7) is 8.92. The third-order valence-corrected chi connectivity index (χ3v) is 3.01. The van der Waals surface area contributed by atoms with Gasteiger partial charge in [-0.3, -0.25) is 4.98 Å². The Kier molecular flexibility index (Phi) is 3.99. The lowest BCUT2D eigenvalue weighted by molar-refractivity contribution is 0.798. The molecule has 0 saturated carbocycles. The highest BCUT2D eigenvalue weighted by Gasteiger charge is 2.14. The summed E-state index contributed by atoms with van der Waals surface area (Å²) >= 11 is 1.90. The Morgan fingerprint density at radius 1 is 1.36 bits per heavy atom. The SMILES string of the molecule is CCCc1ccncc1SC(C)(C)C. The normalized spacial score (nSPS) is 11.7. The molecular weight excluding hydrogens is 190 g/mol. The summed E-state index contributed by atoms with van der Waals surface area (Å²) in [4.78, 5) is 5.53. The van der Waals surface area contributed by atoms with Crippen LogP contribution < -0.4 is 0 Å². The molecule has 0 radical (unpaired) electrons. The molecule has 0 amide bonds. The summed E-state index contributed by atoms with van der Waals surface area (Å²) in [6.07, 6.45) is 6.22. The topological polar surface area (TPSA) is 12.9 Å². The van der Waals surface area contributed by atoms with Crippen LogP contribution in [-0.2, 0) is 6.42 Å². The molecule has 0 atom stereocenters. The van der Waals surface area contributed by atoms with Crippen LogP contribution in [0, 0.1) is 0 Å². The van der Waals surface area contributed by atoms with E-state index in [9.17, 15) is 0 Å². The average Bonchev–Trinajstić information content (AvgIpc) is 2.06. The van der Waals surface area contributed by atoms with Crippen molar-refractivity contribution in [1.29, 1.82) is 0 Å². The van der Waals surface area contributed by atoms with E-state index >= 15 is 0 Å². The van der Waals surface area contributed by atoms with Crippen molar-refractivity contribution in [3.8, 4) is 0 Å². The molecule has 0 aliphatic carbocycles. The van der Waals surface area contributed by atoms with E-state index in [1.54, 1.807) is 0 Å². The van der Waals surface area contributed by atoms with E-state index < -0.39 is 0 Å². The van der Waals surface area contributed by atoms with Crippen molar-refractivity contribution in [1.82, 2.24) is 4.98 Å². The Labute approximate surface area is 91.3 Å². The first-order valence-corrected chi connectivity index (χ1v) is 5.96. The van der Waals surface area contributed by atoms with Crippen LogP contribution in [0.1, 0.15) is 39.7 Å². The van der Waals surface area contributed by atoms with Gasteiger partial charge in [0.1, 0.15) is 0 Å². The molecule has 0 spiro atoms. The monoisotopic (exact) mass is 209 g/mol. The number of rotatable bonds is 3. The predicted octanol–water partition coefficient (Wildman–Crippen LogP) is 3.92. The van der Waals surface area contributed by atoms with Crippen molar-refractivity contribution in [3.05, 3.63) is 24.0 Å². The lowest BCUT2D eigenvalue weighted by atomic mass is 10.2. The molecular formula is C12H19NS. The van der Waals surface area contributed by atoms with Gasteiger partial charge in [-0.25, -0.2) is 0 Å². The minimum atomic E-state index is 0.269. The highest BCUT2D eigenvalue weighted by molar-refractivity contribution is 8.00. The highest BCUT2D eigenvalue weighted by atomic mass is 32.2.